The van der Waals surface area contributed by atoms with Crippen LogP contribution < -0.4 is 14.4 Å². The summed E-state index contributed by atoms with van der Waals surface area (Å²) in [6.07, 6.45) is -1.12. The molecule has 2 aliphatic rings. The van der Waals surface area contributed by atoms with Crippen molar-refractivity contribution < 1.29 is 28.8 Å². The van der Waals surface area contributed by atoms with Crippen LogP contribution in [-0.4, -0.2) is 42.8 Å². The van der Waals surface area contributed by atoms with Crippen molar-refractivity contribution >= 4 is 28.9 Å². The van der Waals surface area contributed by atoms with Crippen LogP contribution in [0.5, 0.6) is 11.5 Å². The number of fused-ring (bicyclic) bond motifs is 1. The molecule has 0 spiro atoms. The number of carbonyl (C=O) groups is 2. The molecule has 2 heterocycles. The Balaban J connectivity index is 1.69. The van der Waals surface area contributed by atoms with Gasteiger partial charge in [-0.1, -0.05) is 11.2 Å². The highest BCUT2D eigenvalue weighted by Gasteiger charge is 2.56. The summed E-state index contributed by atoms with van der Waals surface area (Å²) < 4.78 is 10.5. The molecule has 0 bridgehead atoms. The molecule has 0 saturated carbocycles. The number of carbonyl (C=O) groups excluding carboxylic acids is 2. The number of hydrogen-bond donors (Lipinski definition) is 0. The molecular weight excluding hydrogens is 382 g/mol. The molecule has 148 valence electrons. The van der Waals surface area contributed by atoms with Crippen LogP contribution in [0, 0.1) is 16.0 Å². The van der Waals surface area contributed by atoms with Crippen molar-refractivity contribution in [2.45, 2.75) is 6.10 Å². The Hall–Kier alpha value is -3.95. The van der Waals surface area contributed by atoms with Gasteiger partial charge in [0.05, 0.1) is 24.8 Å². The van der Waals surface area contributed by atoms with Crippen LogP contribution in [0.1, 0.15) is 5.56 Å². The Kier molecular flexibility index (Phi) is 4.38. The molecule has 0 N–H and O–H groups in total. The molecule has 10 heteroatoms. The Bertz CT molecular complexity index is 1070. The van der Waals surface area contributed by atoms with E-state index in [1.54, 1.807) is 18.2 Å². The molecule has 2 aliphatic heterocycles. The number of hydrogen-bond acceptors (Lipinski definition) is 8. The minimum absolute atomic E-state index is 0.110. The maximum atomic E-state index is 13.1. The minimum atomic E-state index is -1.12. The number of nitro benzene ring substituents is 1. The number of methoxy groups -OCH3 is 2. The number of ether oxygens (including phenoxy) is 2. The van der Waals surface area contributed by atoms with Crippen molar-refractivity contribution in [1.82, 2.24) is 0 Å². The molecule has 2 atom stereocenters. The number of nitro groups is 1. The van der Waals surface area contributed by atoms with Crippen molar-refractivity contribution in [2.24, 2.45) is 11.1 Å². The van der Waals surface area contributed by atoms with Crippen molar-refractivity contribution in [3.05, 3.63) is 58.1 Å². The molecule has 2 amide bonds. The van der Waals surface area contributed by atoms with Gasteiger partial charge in [0.15, 0.2) is 11.5 Å². The monoisotopic (exact) mass is 397 g/mol. The number of nitrogens with zero attached hydrogens (tertiary/aromatic N) is 3. The molecule has 1 fully saturated rings. The topological polar surface area (TPSA) is 121 Å². The van der Waals surface area contributed by atoms with Gasteiger partial charge in [-0.2, -0.15) is 0 Å². The molecule has 2 unspecified atom stereocenters. The third-order valence-corrected chi connectivity index (χ3v) is 4.79. The van der Waals surface area contributed by atoms with Crippen molar-refractivity contribution in [3.8, 4) is 11.5 Å². The molecule has 2 aromatic carbocycles. The lowest BCUT2D eigenvalue weighted by atomic mass is 9.94. The maximum absolute atomic E-state index is 13.1. The fourth-order valence-corrected chi connectivity index (χ4v) is 3.41. The van der Waals surface area contributed by atoms with Crippen LogP contribution in [-0.2, 0) is 14.4 Å². The summed E-state index contributed by atoms with van der Waals surface area (Å²) in [5.41, 5.74) is 0.702. The number of oxime groups is 1. The van der Waals surface area contributed by atoms with Crippen LogP contribution in [0.3, 0.4) is 0 Å². The molecule has 0 radical (unpaired) electrons. The molecule has 4 rings (SSSR count). The van der Waals surface area contributed by atoms with E-state index in [9.17, 15) is 19.7 Å². The van der Waals surface area contributed by atoms with Gasteiger partial charge in [0.2, 0.25) is 12.0 Å². The second-order valence-corrected chi connectivity index (χ2v) is 6.34. The van der Waals surface area contributed by atoms with Crippen LogP contribution in [0.25, 0.3) is 0 Å². The van der Waals surface area contributed by atoms with E-state index < -0.39 is 28.8 Å². The fourth-order valence-electron chi connectivity index (χ4n) is 3.41. The molecule has 10 nitrogen and oxygen atoms in total. The first-order valence-corrected chi connectivity index (χ1v) is 8.54. The van der Waals surface area contributed by atoms with Crippen LogP contribution >= 0.6 is 0 Å². The highest BCUT2D eigenvalue weighted by atomic mass is 16.7. The van der Waals surface area contributed by atoms with Crippen molar-refractivity contribution in [3.63, 3.8) is 0 Å². The summed E-state index contributed by atoms with van der Waals surface area (Å²) in [6, 6.07) is 10.3. The second kappa shape index (κ2) is 6.89. The lowest BCUT2D eigenvalue weighted by Gasteiger charge is -2.15. The molecule has 0 aromatic heterocycles. The zero-order valence-corrected chi connectivity index (χ0v) is 15.4. The van der Waals surface area contributed by atoms with Gasteiger partial charge < -0.3 is 14.3 Å². The van der Waals surface area contributed by atoms with Crippen molar-refractivity contribution in [2.75, 3.05) is 19.1 Å². The number of benzene rings is 2. The largest absolute Gasteiger partial charge is 0.493 e. The average molecular weight is 397 g/mol. The fraction of sp³-hybridized carbons (Fsp3) is 0.211. The summed E-state index contributed by atoms with van der Waals surface area (Å²) in [5.74, 6) is -1.21. The van der Waals surface area contributed by atoms with E-state index in [0.717, 1.165) is 4.90 Å². The number of amides is 2. The average Bonchev–Trinajstić information content (AvgIpc) is 3.27. The van der Waals surface area contributed by atoms with Crippen LogP contribution in [0.4, 0.5) is 11.4 Å². The molecule has 2 aromatic rings. The summed E-state index contributed by atoms with van der Waals surface area (Å²) in [4.78, 5) is 42.4. The third-order valence-electron chi connectivity index (χ3n) is 4.79. The van der Waals surface area contributed by atoms with Gasteiger partial charge in [-0.3, -0.25) is 19.7 Å². The second-order valence-electron chi connectivity index (χ2n) is 6.34. The van der Waals surface area contributed by atoms with E-state index in [2.05, 4.69) is 5.16 Å². The first-order valence-electron chi connectivity index (χ1n) is 8.54. The quantitative estimate of drug-likeness (QED) is 0.429. The van der Waals surface area contributed by atoms with Gasteiger partial charge in [-0.05, 0) is 24.3 Å². The Morgan fingerprint density at radius 1 is 1.07 bits per heavy atom. The van der Waals surface area contributed by atoms with Crippen molar-refractivity contribution in [1.29, 1.82) is 0 Å². The van der Waals surface area contributed by atoms with Gasteiger partial charge >= 0.3 is 0 Å². The van der Waals surface area contributed by atoms with E-state index in [1.807, 2.05) is 0 Å². The van der Waals surface area contributed by atoms with Crippen LogP contribution in [0.2, 0.25) is 0 Å². The minimum Gasteiger partial charge on any atom is -0.493 e. The summed E-state index contributed by atoms with van der Waals surface area (Å²) in [6.45, 7) is 0. The van der Waals surface area contributed by atoms with Gasteiger partial charge in [0, 0.05) is 17.7 Å². The molecule has 1 saturated heterocycles. The third kappa shape index (κ3) is 2.85. The first-order chi connectivity index (χ1) is 14.0. The molecule has 0 aliphatic carbocycles. The predicted molar refractivity (Wildman–Crippen MR) is 100 cm³/mol. The van der Waals surface area contributed by atoms with E-state index in [-0.39, 0.29) is 17.1 Å². The van der Waals surface area contributed by atoms with Gasteiger partial charge in [0.25, 0.3) is 11.6 Å². The van der Waals surface area contributed by atoms with E-state index in [0.29, 0.717) is 17.1 Å². The van der Waals surface area contributed by atoms with E-state index >= 15 is 0 Å². The van der Waals surface area contributed by atoms with Crippen LogP contribution in [0.15, 0.2) is 47.6 Å². The number of anilines is 1. The smallest absolute Gasteiger partial charge is 0.278 e. The van der Waals surface area contributed by atoms with Gasteiger partial charge in [0.1, 0.15) is 11.6 Å². The number of non-ortho nitro benzene ring substituents is 1. The lowest BCUT2D eigenvalue weighted by Crippen LogP contribution is -2.33. The SMILES string of the molecule is COc1ccc(C2=NOC3C(=O)N(c4cccc([N+](=O)[O-])c4)C(=O)C23)cc1OC. The maximum Gasteiger partial charge on any atom is 0.278 e. The number of rotatable bonds is 5. The predicted octanol–water partition coefficient (Wildman–Crippen LogP) is 1.90. The zero-order valence-electron chi connectivity index (χ0n) is 15.4. The highest BCUT2D eigenvalue weighted by molar-refractivity contribution is 6.32. The summed E-state index contributed by atoms with van der Waals surface area (Å²) in [5, 5.41) is 15.0. The zero-order chi connectivity index (χ0) is 20.7. The Morgan fingerprint density at radius 2 is 1.83 bits per heavy atom. The Morgan fingerprint density at radius 3 is 2.52 bits per heavy atom. The van der Waals surface area contributed by atoms with Gasteiger partial charge in [-0.15, -0.1) is 0 Å². The van der Waals surface area contributed by atoms with E-state index in [4.69, 9.17) is 14.3 Å². The summed E-state index contributed by atoms with van der Waals surface area (Å²) >= 11 is 0. The van der Waals surface area contributed by atoms with E-state index in [1.165, 1.54) is 38.5 Å². The Labute approximate surface area is 164 Å². The first kappa shape index (κ1) is 18.4. The highest BCUT2D eigenvalue weighted by Crippen LogP contribution is 2.37. The molecule has 29 heavy (non-hydrogen) atoms. The number of imide groups is 1. The summed E-state index contributed by atoms with van der Waals surface area (Å²) in [7, 11) is 2.98. The molecular formula is C19H15N3O7. The lowest BCUT2D eigenvalue weighted by molar-refractivity contribution is -0.384. The normalized spacial score (nSPS) is 20.2. The van der Waals surface area contributed by atoms with Gasteiger partial charge in [-0.25, -0.2) is 4.90 Å². The standard InChI is InChI=1S/C19H15N3O7/c1-27-13-7-6-10(8-14(13)28-2)16-15-17(29-20-16)19(24)21(18(15)23)11-4-3-5-12(9-11)22(25)26/h3-9,15,17H,1-2H3.